The summed E-state index contributed by atoms with van der Waals surface area (Å²) in [4.78, 5) is 12.6. The number of nitrogens with one attached hydrogen (secondary N) is 1. The number of hydrazine groups is 1. The van der Waals surface area contributed by atoms with E-state index in [2.05, 4.69) is 17.4 Å². The molecule has 1 aliphatic heterocycles. The third-order valence-corrected chi connectivity index (χ3v) is 3.23. The Hall–Kier alpha value is -1.57. The first kappa shape index (κ1) is 13.9. The number of rotatable bonds is 4. The predicted octanol–water partition coefficient (Wildman–Crippen LogP) is 0.986. The second kappa shape index (κ2) is 6.05. The molecule has 0 bridgehead atoms. The molecule has 1 aromatic rings. The van der Waals surface area contributed by atoms with Crippen LogP contribution in [0.15, 0.2) is 18.2 Å². The van der Waals surface area contributed by atoms with Gasteiger partial charge >= 0.3 is 0 Å². The number of nitro groups is 1. The normalized spacial score (nSPS) is 17.6. The van der Waals surface area contributed by atoms with Crippen LogP contribution in [0.25, 0.3) is 0 Å². The number of hydrogen-bond donors (Lipinski definition) is 1. The molecule has 1 N–H and O–H groups in total. The van der Waals surface area contributed by atoms with Gasteiger partial charge in [-0.05, 0) is 19.2 Å². The number of hydrogen-bond acceptors (Lipinski definition) is 5. The highest BCUT2D eigenvalue weighted by Crippen LogP contribution is 2.19. The van der Waals surface area contributed by atoms with E-state index >= 15 is 0 Å². The van der Waals surface area contributed by atoms with Gasteiger partial charge in [0, 0.05) is 44.4 Å². The lowest BCUT2D eigenvalue weighted by Gasteiger charge is -2.32. The molecule has 104 valence electrons. The van der Waals surface area contributed by atoms with Crippen molar-refractivity contribution in [3.63, 3.8) is 0 Å². The van der Waals surface area contributed by atoms with Crippen LogP contribution in [0.2, 0.25) is 0 Å². The average Bonchev–Trinajstić information content (AvgIpc) is 2.38. The number of likely N-dealkylation sites (N-methyl/N-ethyl adjacent to an activating group) is 1. The number of halogens is 1. The van der Waals surface area contributed by atoms with E-state index in [0.717, 1.165) is 32.2 Å². The Labute approximate surface area is 110 Å². The number of nitro benzene ring substituents is 1. The van der Waals surface area contributed by atoms with Gasteiger partial charge in [-0.2, -0.15) is 0 Å². The van der Waals surface area contributed by atoms with Gasteiger partial charge in [0.25, 0.3) is 5.69 Å². The van der Waals surface area contributed by atoms with Gasteiger partial charge in [-0.15, -0.1) is 0 Å². The SMILES string of the molecule is CN1CCN(NCc2cc(F)ccc2[N+](=O)[O-])CC1. The summed E-state index contributed by atoms with van der Waals surface area (Å²) in [7, 11) is 2.05. The Kier molecular flexibility index (Phi) is 4.41. The van der Waals surface area contributed by atoms with E-state index in [1.165, 1.54) is 12.1 Å². The molecule has 0 spiro atoms. The zero-order valence-corrected chi connectivity index (χ0v) is 10.8. The van der Waals surface area contributed by atoms with Crippen molar-refractivity contribution in [3.8, 4) is 0 Å². The van der Waals surface area contributed by atoms with Gasteiger partial charge in [0.15, 0.2) is 0 Å². The third kappa shape index (κ3) is 3.69. The van der Waals surface area contributed by atoms with E-state index in [1.807, 2.05) is 5.01 Å². The largest absolute Gasteiger partial charge is 0.304 e. The number of piperazine rings is 1. The van der Waals surface area contributed by atoms with Crippen LogP contribution in [0.3, 0.4) is 0 Å². The highest BCUT2D eigenvalue weighted by Gasteiger charge is 2.17. The summed E-state index contributed by atoms with van der Waals surface area (Å²) in [5.74, 6) is -0.458. The second-order valence-corrected chi connectivity index (χ2v) is 4.66. The molecule has 0 amide bonds. The van der Waals surface area contributed by atoms with Crippen LogP contribution in [0, 0.1) is 15.9 Å². The van der Waals surface area contributed by atoms with Crippen molar-refractivity contribution >= 4 is 5.69 Å². The average molecular weight is 268 g/mol. The first-order chi connectivity index (χ1) is 9.06. The van der Waals surface area contributed by atoms with E-state index in [-0.39, 0.29) is 12.2 Å². The van der Waals surface area contributed by atoms with Crippen LogP contribution < -0.4 is 5.43 Å². The molecule has 0 atom stereocenters. The molecule has 0 unspecified atom stereocenters. The van der Waals surface area contributed by atoms with Gasteiger partial charge in [0.2, 0.25) is 0 Å². The first-order valence-electron chi connectivity index (χ1n) is 6.16. The maximum Gasteiger partial charge on any atom is 0.274 e. The molecule has 0 saturated carbocycles. The minimum atomic E-state index is -0.486. The number of benzene rings is 1. The quantitative estimate of drug-likeness (QED) is 0.651. The Balaban J connectivity index is 1.98. The summed E-state index contributed by atoms with van der Waals surface area (Å²) in [5.41, 5.74) is 3.43. The van der Waals surface area contributed by atoms with Gasteiger partial charge in [0.05, 0.1) is 4.92 Å². The van der Waals surface area contributed by atoms with E-state index < -0.39 is 10.7 Å². The molecule has 1 aliphatic rings. The highest BCUT2D eigenvalue weighted by molar-refractivity contribution is 5.40. The van der Waals surface area contributed by atoms with Crippen LogP contribution in [0.5, 0.6) is 0 Å². The fourth-order valence-corrected chi connectivity index (χ4v) is 2.04. The summed E-state index contributed by atoms with van der Waals surface area (Å²) >= 11 is 0. The van der Waals surface area contributed by atoms with Gasteiger partial charge in [-0.1, -0.05) is 0 Å². The van der Waals surface area contributed by atoms with Gasteiger partial charge in [0.1, 0.15) is 5.82 Å². The summed E-state index contributed by atoms with van der Waals surface area (Å²) in [6.07, 6.45) is 0. The molecular weight excluding hydrogens is 251 g/mol. The van der Waals surface area contributed by atoms with Crippen LogP contribution in [0.1, 0.15) is 5.56 Å². The fourth-order valence-electron chi connectivity index (χ4n) is 2.04. The van der Waals surface area contributed by atoms with Crippen LogP contribution >= 0.6 is 0 Å². The summed E-state index contributed by atoms with van der Waals surface area (Å²) in [5, 5.41) is 12.9. The van der Waals surface area contributed by atoms with Crippen molar-refractivity contribution in [3.05, 3.63) is 39.7 Å². The smallest absolute Gasteiger partial charge is 0.274 e. The predicted molar refractivity (Wildman–Crippen MR) is 69.0 cm³/mol. The monoisotopic (exact) mass is 268 g/mol. The summed E-state index contributed by atoms with van der Waals surface area (Å²) < 4.78 is 13.2. The van der Waals surface area contributed by atoms with Gasteiger partial charge in [-0.25, -0.2) is 9.40 Å². The first-order valence-corrected chi connectivity index (χ1v) is 6.16. The van der Waals surface area contributed by atoms with Crippen molar-refractivity contribution < 1.29 is 9.31 Å². The Bertz CT molecular complexity index is 461. The minimum Gasteiger partial charge on any atom is -0.304 e. The molecule has 0 radical (unpaired) electrons. The Morgan fingerprint density at radius 3 is 2.68 bits per heavy atom. The summed E-state index contributed by atoms with van der Waals surface area (Å²) in [6.45, 7) is 3.84. The molecule has 1 heterocycles. The Morgan fingerprint density at radius 1 is 1.37 bits per heavy atom. The molecule has 1 fully saturated rings. The van der Waals surface area contributed by atoms with Crippen molar-refractivity contribution in [1.29, 1.82) is 0 Å². The van der Waals surface area contributed by atoms with E-state index in [9.17, 15) is 14.5 Å². The topological polar surface area (TPSA) is 61.6 Å². The molecule has 19 heavy (non-hydrogen) atoms. The van der Waals surface area contributed by atoms with Crippen molar-refractivity contribution in [1.82, 2.24) is 15.3 Å². The van der Waals surface area contributed by atoms with E-state index in [1.54, 1.807) is 0 Å². The molecule has 0 aliphatic carbocycles. The third-order valence-electron chi connectivity index (χ3n) is 3.23. The van der Waals surface area contributed by atoms with Crippen LogP contribution in [0.4, 0.5) is 10.1 Å². The molecular formula is C12H17FN4O2. The van der Waals surface area contributed by atoms with Crippen molar-refractivity contribution in [2.24, 2.45) is 0 Å². The van der Waals surface area contributed by atoms with E-state index in [0.29, 0.717) is 5.56 Å². The van der Waals surface area contributed by atoms with Crippen molar-refractivity contribution in [2.75, 3.05) is 33.2 Å². The lowest BCUT2D eigenvalue weighted by Crippen LogP contribution is -2.50. The highest BCUT2D eigenvalue weighted by atomic mass is 19.1. The molecule has 6 nitrogen and oxygen atoms in total. The second-order valence-electron chi connectivity index (χ2n) is 4.66. The van der Waals surface area contributed by atoms with E-state index in [4.69, 9.17) is 0 Å². The lowest BCUT2D eigenvalue weighted by atomic mass is 10.2. The molecule has 1 saturated heterocycles. The molecule has 7 heteroatoms. The summed E-state index contributed by atoms with van der Waals surface area (Å²) in [6, 6.07) is 3.52. The lowest BCUT2D eigenvalue weighted by molar-refractivity contribution is -0.385. The molecule has 1 aromatic carbocycles. The van der Waals surface area contributed by atoms with Crippen LogP contribution in [-0.2, 0) is 6.54 Å². The van der Waals surface area contributed by atoms with Gasteiger partial charge < -0.3 is 4.90 Å². The van der Waals surface area contributed by atoms with Crippen molar-refractivity contribution in [2.45, 2.75) is 6.54 Å². The van der Waals surface area contributed by atoms with Gasteiger partial charge in [-0.3, -0.25) is 15.5 Å². The standard InChI is InChI=1S/C12H17FN4O2/c1-15-4-6-16(7-5-15)14-9-10-8-11(13)2-3-12(10)17(18)19/h2-3,8,14H,4-7,9H2,1H3. The Morgan fingerprint density at radius 2 is 2.05 bits per heavy atom. The molecule has 0 aromatic heterocycles. The number of nitrogens with zero attached hydrogens (tertiary/aromatic N) is 3. The minimum absolute atomic E-state index is 0.0528. The maximum absolute atomic E-state index is 13.2. The van der Waals surface area contributed by atoms with Crippen LogP contribution in [-0.4, -0.2) is 48.1 Å². The molecule has 2 rings (SSSR count). The maximum atomic E-state index is 13.2. The fraction of sp³-hybridized carbons (Fsp3) is 0.500. The zero-order valence-electron chi connectivity index (χ0n) is 10.8. The zero-order chi connectivity index (χ0) is 13.8.